The lowest BCUT2D eigenvalue weighted by Gasteiger charge is -2.14. The molecule has 1 atom stereocenters. The lowest BCUT2D eigenvalue weighted by atomic mass is 9.92. The van der Waals surface area contributed by atoms with E-state index < -0.39 is 6.10 Å². The third-order valence-electron chi connectivity index (χ3n) is 9.41. The van der Waals surface area contributed by atoms with Crippen LogP contribution in [0.3, 0.4) is 0 Å². The van der Waals surface area contributed by atoms with Crippen molar-refractivity contribution in [2.45, 2.75) is 13.0 Å². The van der Waals surface area contributed by atoms with E-state index >= 15 is 0 Å². The molecule has 8 bridgehead atoms. The highest BCUT2D eigenvalue weighted by Gasteiger charge is 2.28. The Morgan fingerprint density at radius 2 is 0.980 bits per heavy atom. The zero-order valence-corrected chi connectivity index (χ0v) is 27.9. The van der Waals surface area contributed by atoms with Gasteiger partial charge in [0.1, 0.15) is 0 Å². The maximum atomic E-state index is 10.5. The van der Waals surface area contributed by atoms with E-state index in [-0.39, 0.29) is 0 Å². The number of fused-ring (bicyclic) bond motifs is 4. The first-order valence-electron chi connectivity index (χ1n) is 17.1. The van der Waals surface area contributed by atoms with E-state index in [9.17, 15) is 5.11 Å². The summed E-state index contributed by atoms with van der Waals surface area (Å²) in [6, 6.07) is 39.0. The predicted octanol–water partition coefficient (Wildman–Crippen LogP) is 9.74. The summed E-state index contributed by atoms with van der Waals surface area (Å²) in [6.45, 7) is 1.79. The molecule has 5 heteroatoms. The summed E-state index contributed by atoms with van der Waals surface area (Å²) in [5, 5.41) is 10.5. The van der Waals surface area contributed by atoms with E-state index in [0.29, 0.717) is 0 Å². The van der Waals surface area contributed by atoms with Gasteiger partial charge in [-0.2, -0.15) is 0 Å². The van der Waals surface area contributed by atoms with E-state index in [1.165, 1.54) is 0 Å². The van der Waals surface area contributed by atoms with Crippen molar-refractivity contribution in [3.8, 4) is 0 Å². The van der Waals surface area contributed by atoms with E-state index in [0.717, 1.165) is 95.7 Å². The van der Waals surface area contributed by atoms with Crippen LogP contribution < -0.4 is 0 Å². The number of aliphatic imine (C=N–C) groups is 4. The molecule has 4 aromatic carbocycles. The third-order valence-corrected chi connectivity index (χ3v) is 9.41. The maximum absolute atomic E-state index is 10.5. The van der Waals surface area contributed by atoms with Crippen LogP contribution in [0.2, 0.25) is 0 Å². The molecule has 0 aromatic heterocycles. The van der Waals surface area contributed by atoms with Crippen molar-refractivity contribution in [1.82, 2.24) is 0 Å². The molecular weight excluding hydrogens is 625 g/mol. The summed E-state index contributed by atoms with van der Waals surface area (Å²) in [6.07, 6.45) is 16.0. The first kappa shape index (κ1) is 30.5. The lowest BCUT2D eigenvalue weighted by molar-refractivity contribution is 0.199. The van der Waals surface area contributed by atoms with Gasteiger partial charge in [-0.1, -0.05) is 109 Å². The molecule has 5 nitrogen and oxygen atoms in total. The minimum Gasteiger partial charge on any atom is -0.389 e. The normalized spacial score (nSPS) is 18.2. The molecule has 5 heterocycles. The van der Waals surface area contributed by atoms with Gasteiger partial charge < -0.3 is 5.11 Å². The number of allylic oxidation sites excluding steroid dienone is 12. The van der Waals surface area contributed by atoms with E-state index in [4.69, 9.17) is 20.0 Å². The Labute approximate surface area is 296 Å². The van der Waals surface area contributed by atoms with Gasteiger partial charge in [0.05, 0.1) is 51.7 Å². The number of aliphatic hydroxyl groups excluding tert-OH is 1. The molecule has 0 fully saturated rings. The molecule has 0 amide bonds. The van der Waals surface area contributed by atoms with Crippen LogP contribution in [-0.4, -0.2) is 28.0 Å². The van der Waals surface area contributed by atoms with Gasteiger partial charge in [0.25, 0.3) is 0 Å². The summed E-state index contributed by atoms with van der Waals surface area (Å²) >= 11 is 0. The van der Waals surface area contributed by atoms with Crippen molar-refractivity contribution in [1.29, 1.82) is 0 Å². The van der Waals surface area contributed by atoms with Crippen LogP contribution in [0, 0.1) is 0 Å². The molecule has 4 aromatic rings. The summed E-state index contributed by atoms with van der Waals surface area (Å²) < 4.78 is 0. The molecule has 0 saturated heterocycles. The zero-order chi connectivity index (χ0) is 34.3. The number of benzene rings is 4. The molecule has 1 unspecified atom stereocenters. The fourth-order valence-electron chi connectivity index (χ4n) is 6.99. The number of hydrogen-bond acceptors (Lipinski definition) is 5. The van der Waals surface area contributed by atoms with Crippen molar-refractivity contribution >= 4 is 45.1 Å². The first-order valence-corrected chi connectivity index (χ1v) is 17.1. The summed E-state index contributed by atoms with van der Waals surface area (Å²) in [7, 11) is 0. The summed E-state index contributed by atoms with van der Waals surface area (Å²) in [4.78, 5) is 21.1. The van der Waals surface area contributed by atoms with Gasteiger partial charge >= 0.3 is 0 Å². The van der Waals surface area contributed by atoms with Gasteiger partial charge in [-0.3, -0.25) is 0 Å². The van der Waals surface area contributed by atoms with Crippen LogP contribution in [-0.2, 0) is 0 Å². The zero-order valence-electron chi connectivity index (χ0n) is 27.9. The van der Waals surface area contributed by atoms with Crippen LogP contribution in [0.1, 0.15) is 40.8 Å². The topological polar surface area (TPSA) is 69.7 Å². The Morgan fingerprint density at radius 1 is 0.471 bits per heavy atom. The lowest BCUT2D eigenvalue weighted by Crippen LogP contribution is -2.03. The number of nitrogens with zero attached hydrogens (tertiary/aromatic N) is 4. The second-order valence-corrected chi connectivity index (χ2v) is 12.8. The van der Waals surface area contributed by atoms with Crippen LogP contribution in [0.25, 0.3) is 22.3 Å². The van der Waals surface area contributed by atoms with Gasteiger partial charge in [0.15, 0.2) is 0 Å². The Bertz CT molecular complexity index is 2490. The fourth-order valence-corrected chi connectivity index (χ4v) is 6.99. The van der Waals surface area contributed by atoms with Gasteiger partial charge in [0, 0.05) is 22.3 Å². The van der Waals surface area contributed by atoms with Crippen molar-refractivity contribution in [2.75, 3.05) is 0 Å². The van der Waals surface area contributed by atoms with E-state index in [1.807, 2.05) is 84.9 Å². The summed E-state index contributed by atoms with van der Waals surface area (Å²) in [5.41, 5.74) is 15.2. The Kier molecular flexibility index (Phi) is 7.60. The highest BCUT2D eigenvalue weighted by molar-refractivity contribution is 6.38. The molecule has 5 aliphatic heterocycles. The average Bonchev–Trinajstić information content (AvgIpc) is 4.00. The van der Waals surface area contributed by atoms with Gasteiger partial charge in [-0.25, -0.2) is 20.0 Å². The molecule has 1 N–H and O–H groups in total. The van der Waals surface area contributed by atoms with Gasteiger partial charge in [0.2, 0.25) is 0 Å². The molecule has 9 rings (SSSR count). The smallest absolute Gasteiger partial charge is 0.0816 e. The number of aliphatic hydroxyl groups is 1. The molecular formula is C46H32N4O. The summed E-state index contributed by atoms with van der Waals surface area (Å²) in [5.74, 6) is 0. The van der Waals surface area contributed by atoms with Crippen molar-refractivity contribution in [2.24, 2.45) is 20.0 Å². The Balaban J connectivity index is 1.36. The van der Waals surface area contributed by atoms with E-state index in [2.05, 4.69) is 78.9 Å². The predicted molar refractivity (Wildman–Crippen MR) is 210 cm³/mol. The van der Waals surface area contributed by atoms with Crippen molar-refractivity contribution in [3.05, 3.63) is 214 Å². The molecule has 51 heavy (non-hydrogen) atoms. The second kappa shape index (κ2) is 12.7. The van der Waals surface area contributed by atoms with Crippen LogP contribution in [0.5, 0.6) is 0 Å². The average molecular weight is 657 g/mol. The molecule has 5 aliphatic rings. The third kappa shape index (κ3) is 5.70. The van der Waals surface area contributed by atoms with E-state index in [1.54, 1.807) is 6.92 Å². The minimum atomic E-state index is -0.604. The van der Waals surface area contributed by atoms with Crippen molar-refractivity contribution < 1.29 is 5.11 Å². The van der Waals surface area contributed by atoms with Crippen molar-refractivity contribution in [3.63, 3.8) is 0 Å². The fraction of sp³-hybridized carbons (Fsp3) is 0.0435. The first-order chi connectivity index (χ1) is 25.1. The number of hydrogen-bond donors (Lipinski definition) is 1. The standard InChI is InChI=1S/C46H32N4O/c1-29(51)33-18-11-19-34(26-33)37-28-36-27-35-20-21-38(47-35)43(30-12-5-2-6-13-30)39-22-23-40(49-39)44(31-14-7-3-8-15-31)41-24-25-42(50-41)45(46(37)48-36)32-16-9-4-10-17-32/h2-29,51H,1H3. The molecule has 242 valence electrons. The largest absolute Gasteiger partial charge is 0.389 e. The molecule has 0 saturated carbocycles. The molecule has 0 aliphatic carbocycles. The van der Waals surface area contributed by atoms with Crippen LogP contribution in [0.15, 0.2) is 207 Å². The second-order valence-electron chi connectivity index (χ2n) is 12.8. The van der Waals surface area contributed by atoms with Gasteiger partial charge in [-0.05, 0) is 89.4 Å². The van der Waals surface area contributed by atoms with Crippen LogP contribution in [0.4, 0.5) is 0 Å². The highest BCUT2D eigenvalue weighted by atomic mass is 16.3. The quantitative estimate of drug-likeness (QED) is 0.228. The van der Waals surface area contributed by atoms with Crippen LogP contribution >= 0.6 is 0 Å². The highest BCUT2D eigenvalue weighted by Crippen LogP contribution is 2.40. The minimum absolute atomic E-state index is 0.604. The molecule has 0 spiro atoms. The Morgan fingerprint density at radius 3 is 1.57 bits per heavy atom. The SMILES string of the molecule is CC(O)c1cccc(C2=CC3=NC2=C(c2ccccc2)C2=NC(=C(c4ccccc4)C4=NC(=C(c5ccccc5)C5=NC(=C3)C=C5)C=C4)C=C2)c1. The van der Waals surface area contributed by atoms with Gasteiger partial charge in [-0.15, -0.1) is 0 Å². The Hall–Kier alpha value is -6.56. The molecule has 0 radical (unpaired) electrons. The maximum Gasteiger partial charge on any atom is 0.0816 e. The monoisotopic (exact) mass is 656 g/mol. The number of rotatable bonds is 5.